The van der Waals surface area contributed by atoms with Gasteiger partial charge in [0.15, 0.2) is 0 Å². The first-order valence-corrected chi connectivity index (χ1v) is 10.9. The topological polar surface area (TPSA) is 30.5 Å². The molecular formula is C27H29NO2. The number of fused-ring (bicyclic) bond motifs is 1. The summed E-state index contributed by atoms with van der Waals surface area (Å²) >= 11 is 0. The Morgan fingerprint density at radius 1 is 0.933 bits per heavy atom. The van der Waals surface area contributed by atoms with E-state index in [0.717, 1.165) is 17.2 Å². The lowest BCUT2D eigenvalue weighted by Gasteiger charge is -2.50. The Morgan fingerprint density at radius 2 is 1.67 bits per heavy atom. The normalized spacial score (nSPS) is 23.4. The summed E-state index contributed by atoms with van der Waals surface area (Å²) in [6.45, 7) is 5.12. The zero-order valence-corrected chi connectivity index (χ0v) is 17.9. The molecule has 1 heterocycles. The summed E-state index contributed by atoms with van der Waals surface area (Å²) in [7, 11) is 1.75. The summed E-state index contributed by atoms with van der Waals surface area (Å²) in [6.07, 6.45) is 2.39. The lowest BCUT2D eigenvalue weighted by Crippen LogP contribution is -2.46. The van der Waals surface area contributed by atoms with E-state index in [9.17, 15) is 0 Å². The lowest BCUT2D eigenvalue weighted by molar-refractivity contribution is 0.261. The van der Waals surface area contributed by atoms with Gasteiger partial charge in [0.25, 0.3) is 0 Å². The van der Waals surface area contributed by atoms with Crippen LogP contribution >= 0.6 is 0 Å². The minimum absolute atomic E-state index is 0.126. The highest BCUT2D eigenvalue weighted by Crippen LogP contribution is 2.72. The maximum absolute atomic E-state index is 5.78. The molecule has 0 unspecified atom stereocenters. The number of anilines is 1. The molecule has 1 aliphatic carbocycles. The van der Waals surface area contributed by atoms with Crippen molar-refractivity contribution in [1.82, 2.24) is 0 Å². The third-order valence-electron chi connectivity index (χ3n) is 7.29. The molecule has 154 valence electrons. The van der Waals surface area contributed by atoms with Crippen molar-refractivity contribution in [1.29, 1.82) is 0 Å². The SMILES string of the molecule is CCOc1ccc([C@]2(C)c3cccc(OC)c3N[C@H](c3ccccc3)C23CC3)cc1. The second-order valence-corrected chi connectivity index (χ2v) is 8.61. The van der Waals surface area contributed by atoms with Gasteiger partial charge in [-0.2, -0.15) is 0 Å². The first-order chi connectivity index (χ1) is 14.6. The molecule has 0 bridgehead atoms. The minimum atomic E-state index is -0.132. The summed E-state index contributed by atoms with van der Waals surface area (Å²) < 4.78 is 11.5. The van der Waals surface area contributed by atoms with E-state index in [4.69, 9.17) is 9.47 Å². The van der Waals surface area contributed by atoms with Gasteiger partial charge in [-0.15, -0.1) is 0 Å². The van der Waals surface area contributed by atoms with Gasteiger partial charge in [0.1, 0.15) is 11.5 Å². The second kappa shape index (κ2) is 7.09. The van der Waals surface area contributed by atoms with Crippen molar-refractivity contribution >= 4 is 5.69 Å². The van der Waals surface area contributed by atoms with Crippen molar-refractivity contribution in [2.45, 2.75) is 38.1 Å². The molecule has 1 N–H and O–H groups in total. The maximum Gasteiger partial charge on any atom is 0.142 e. The number of hydrogen-bond donors (Lipinski definition) is 1. The Labute approximate surface area is 179 Å². The van der Waals surface area contributed by atoms with E-state index >= 15 is 0 Å². The first-order valence-electron chi connectivity index (χ1n) is 10.9. The first kappa shape index (κ1) is 19.0. The fourth-order valence-corrected chi connectivity index (χ4v) is 5.57. The van der Waals surface area contributed by atoms with Crippen LogP contribution in [0, 0.1) is 5.41 Å². The summed E-state index contributed by atoms with van der Waals surface area (Å²) in [5.41, 5.74) is 5.09. The second-order valence-electron chi connectivity index (χ2n) is 8.61. The van der Waals surface area contributed by atoms with Gasteiger partial charge in [-0.05, 0) is 54.7 Å². The number of nitrogens with one attached hydrogen (secondary N) is 1. The van der Waals surface area contributed by atoms with Crippen molar-refractivity contribution in [2.24, 2.45) is 5.41 Å². The molecule has 1 aliphatic heterocycles. The fraction of sp³-hybridized carbons (Fsp3) is 0.333. The van der Waals surface area contributed by atoms with Crippen LogP contribution in [0.5, 0.6) is 11.5 Å². The van der Waals surface area contributed by atoms with Gasteiger partial charge < -0.3 is 14.8 Å². The number of ether oxygens (including phenoxy) is 2. The van der Waals surface area contributed by atoms with Crippen LogP contribution in [0.1, 0.15) is 49.4 Å². The van der Waals surface area contributed by atoms with E-state index < -0.39 is 0 Å². The zero-order chi connectivity index (χ0) is 20.8. The molecule has 3 aromatic carbocycles. The molecule has 1 saturated carbocycles. The Hall–Kier alpha value is -2.94. The number of rotatable bonds is 5. The molecule has 0 saturated heterocycles. The summed E-state index contributed by atoms with van der Waals surface area (Å²) in [5, 5.41) is 3.89. The molecule has 30 heavy (non-hydrogen) atoms. The highest BCUT2D eigenvalue weighted by Gasteiger charge is 2.65. The predicted octanol–water partition coefficient (Wildman–Crippen LogP) is 6.35. The average molecular weight is 400 g/mol. The number of benzene rings is 3. The predicted molar refractivity (Wildman–Crippen MR) is 122 cm³/mol. The van der Waals surface area contributed by atoms with E-state index in [1.807, 2.05) is 6.92 Å². The Kier molecular flexibility index (Phi) is 4.50. The number of hydrogen-bond acceptors (Lipinski definition) is 3. The molecule has 3 nitrogen and oxygen atoms in total. The quantitative estimate of drug-likeness (QED) is 0.542. The van der Waals surface area contributed by atoms with Crippen molar-refractivity contribution in [3.63, 3.8) is 0 Å². The molecule has 0 amide bonds. The van der Waals surface area contributed by atoms with E-state index in [2.05, 4.69) is 85.0 Å². The summed E-state index contributed by atoms with van der Waals surface area (Å²) in [6, 6.07) is 26.3. The van der Waals surface area contributed by atoms with E-state index in [0.29, 0.717) is 6.61 Å². The number of methoxy groups -OCH3 is 1. The highest BCUT2D eigenvalue weighted by atomic mass is 16.5. The molecule has 1 spiro atoms. The monoisotopic (exact) mass is 399 g/mol. The minimum Gasteiger partial charge on any atom is -0.495 e. The van der Waals surface area contributed by atoms with Crippen molar-refractivity contribution in [2.75, 3.05) is 19.0 Å². The summed E-state index contributed by atoms with van der Waals surface area (Å²) in [4.78, 5) is 0. The van der Waals surface area contributed by atoms with Crippen LogP contribution in [0.4, 0.5) is 5.69 Å². The van der Waals surface area contributed by atoms with Gasteiger partial charge in [-0.3, -0.25) is 0 Å². The van der Waals surface area contributed by atoms with E-state index in [-0.39, 0.29) is 16.9 Å². The van der Waals surface area contributed by atoms with Gasteiger partial charge in [-0.1, -0.05) is 61.5 Å². The van der Waals surface area contributed by atoms with Gasteiger partial charge in [0.2, 0.25) is 0 Å². The summed E-state index contributed by atoms with van der Waals surface area (Å²) in [5.74, 6) is 1.83. The van der Waals surface area contributed by atoms with Crippen LogP contribution < -0.4 is 14.8 Å². The van der Waals surface area contributed by atoms with Crippen molar-refractivity contribution < 1.29 is 9.47 Å². The van der Waals surface area contributed by atoms with Crippen LogP contribution in [0.2, 0.25) is 0 Å². The molecule has 2 atom stereocenters. The van der Waals surface area contributed by atoms with Crippen LogP contribution in [0.3, 0.4) is 0 Å². The molecule has 3 aromatic rings. The average Bonchev–Trinajstić information content (AvgIpc) is 3.59. The third-order valence-corrected chi connectivity index (χ3v) is 7.29. The highest BCUT2D eigenvalue weighted by molar-refractivity contribution is 5.71. The molecule has 0 aromatic heterocycles. The number of para-hydroxylation sites is 1. The fourth-order valence-electron chi connectivity index (χ4n) is 5.57. The Bertz CT molecular complexity index is 1040. The Balaban J connectivity index is 1.72. The lowest BCUT2D eigenvalue weighted by atomic mass is 9.58. The van der Waals surface area contributed by atoms with Crippen LogP contribution in [0.15, 0.2) is 72.8 Å². The molecule has 2 aliphatic rings. The zero-order valence-electron chi connectivity index (χ0n) is 17.9. The van der Waals surface area contributed by atoms with E-state index in [1.54, 1.807) is 7.11 Å². The third kappa shape index (κ3) is 2.64. The molecular weight excluding hydrogens is 370 g/mol. The molecule has 1 fully saturated rings. The molecule has 5 rings (SSSR count). The Morgan fingerprint density at radius 3 is 2.30 bits per heavy atom. The maximum atomic E-state index is 5.78. The van der Waals surface area contributed by atoms with Crippen molar-refractivity contribution in [3.05, 3.63) is 89.5 Å². The van der Waals surface area contributed by atoms with Crippen LogP contribution in [-0.2, 0) is 5.41 Å². The van der Waals surface area contributed by atoms with Gasteiger partial charge >= 0.3 is 0 Å². The van der Waals surface area contributed by atoms with E-state index in [1.165, 1.54) is 29.5 Å². The van der Waals surface area contributed by atoms with Crippen LogP contribution in [-0.4, -0.2) is 13.7 Å². The van der Waals surface area contributed by atoms with Crippen LogP contribution in [0.25, 0.3) is 0 Å². The standard InChI is InChI=1S/C27H29NO2/c1-4-30-21-15-13-20(14-16-21)26(2)22-11-8-12-23(29-3)24(22)28-25(27(26)17-18-27)19-9-6-5-7-10-19/h5-16,25,28H,4,17-18H2,1-3H3/t25-,26-/m1/s1. The van der Waals surface area contributed by atoms with Gasteiger partial charge in [0, 0.05) is 10.8 Å². The molecule has 3 heteroatoms. The van der Waals surface area contributed by atoms with Crippen molar-refractivity contribution in [3.8, 4) is 11.5 Å². The smallest absolute Gasteiger partial charge is 0.142 e. The van der Waals surface area contributed by atoms with Gasteiger partial charge in [-0.25, -0.2) is 0 Å². The van der Waals surface area contributed by atoms with Gasteiger partial charge in [0.05, 0.1) is 25.4 Å². The molecule has 0 radical (unpaired) electrons. The largest absolute Gasteiger partial charge is 0.495 e.